The summed E-state index contributed by atoms with van der Waals surface area (Å²) in [6.07, 6.45) is 4.13. The Labute approximate surface area is 169 Å². The molecule has 0 saturated heterocycles. The third-order valence-corrected chi connectivity index (χ3v) is 4.84. The van der Waals surface area contributed by atoms with E-state index in [2.05, 4.69) is 10.6 Å². The van der Waals surface area contributed by atoms with Crippen molar-refractivity contribution in [2.24, 2.45) is 0 Å². The van der Waals surface area contributed by atoms with Crippen LogP contribution in [0.15, 0.2) is 42.5 Å². The van der Waals surface area contributed by atoms with Crippen LogP contribution in [-0.2, 0) is 9.53 Å². The van der Waals surface area contributed by atoms with Gasteiger partial charge in [0.25, 0.3) is 11.8 Å². The second-order valence-electron chi connectivity index (χ2n) is 7.15. The smallest absolute Gasteiger partial charge is 0.342 e. The van der Waals surface area contributed by atoms with Crippen LogP contribution < -0.4 is 10.6 Å². The highest BCUT2D eigenvalue weighted by atomic mass is 16.5. The van der Waals surface area contributed by atoms with Gasteiger partial charge < -0.3 is 20.5 Å². The molecule has 0 spiro atoms. The molecule has 7 heteroatoms. The highest BCUT2D eigenvalue weighted by Crippen LogP contribution is 2.21. The molecule has 0 unspecified atom stereocenters. The van der Waals surface area contributed by atoms with Gasteiger partial charge >= 0.3 is 5.97 Å². The number of carbonyl (C=O) groups is 3. The number of para-hydroxylation sites is 1. The zero-order valence-corrected chi connectivity index (χ0v) is 16.2. The number of phenols is 1. The molecule has 2 aromatic rings. The zero-order valence-electron chi connectivity index (χ0n) is 16.2. The number of aryl methyl sites for hydroxylation is 1. The number of esters is 1. The lowest BCUT2D eigenvalue weighted by molar-refractivity contribution is -0.119. The van der Waals surface area contributed by atoms with E-state index >= 15 is 0 Å². The molecule has 0 atom stereocenters. The third kappa shape index (κ3) is 5.34. The Bertz CT molecular complexity index is 919. The molecule has 0 radical (unpaired) electrons. The molecule has 29 heavy (non-hydrogen) atoms. The summed E-state index contributed by atoms with van der Waals surface area (Å²) < 4.78 is 4.98. The first-order valence-electron chi connectivity index (χ1n) is 9.60. The summed E-state index contributed by atoms with van der Waals surface area (Å²) in [5.41, 5.74) is 1.49. The van der Waals surface area contributed by atoms with Crippen molar-refractivity contribution in [3.63, 3.8) is 0 Å². The van der Waals surface area contributed by atoms with Crippen molar-refractivity contribution in [2.75, 3.05) is 11.9 Å². The van der Waals surface area contributed by atoms with Crippen molar-refractivity contribution in [1.29, 1.82) is 0 Å². The van der Waals surface area contributed by atoms with Crippen molar-refractivity contribution in [3.8, 4) is 5.75 Å². The van der Waals surface area contributed by atoms with Gasteiger partial charge in [-0.05, 0) is 49.6 Å². The lowest BCUT2D eigenvalue weighted by atomic mass is 10.1. The van der Waals surface area contributed by atoms with Gasteiger partial charge in [0.15, 0.2) is 6.61 Å². The maximum Gasteiger partial charge on any atom is 0.342 e. The van der Waals surface area contributed by atoms with Crippen molar-refractivity contribution < 1.29 is 24.2 Å². The maximum absolute atomic E-state index is 12.5. The van der Waals surface area contributed by atoms with Gasteiger partial charge in [-0.2, -0.15) is 0 Å². The molecule has 1 aliphatic carbocycles. The SMILES string of the molecule is Cc1ccc(C(=O)OCC(=O)Nc2ccccc2C(=O)NC2CCCC2)c(O)c1. The van der Waals surface area contributed by atoms with Crippen LogP contribution in [0.25, 0.3) is 0 Å². The number of hydrogen-bond donors (Lipinski definition) is 3. The van der Waals surface area contributed by atoms with Gasteiger partial charge in [-0.15, -0.1) is 0 Å². The summed E-state index contributed by atoms with van der Waals surface area (Å²) >= 11 is 0. The highest BCUT2D eigenvalue weighted by molar-refractivity contribution is 6.04. The third-order valence-electron chi connectivity index (χ3n) is 4.84. The van der Waals surface area contributed by atoms with E-state index < -0.39 is 18.5 Å². The Balaban J connectivity index is 1.59. The minimum Gasteiger partial charge on any atom is -0.507 e. The Kier molecular flexibility index (Phi) is 6.49. The number of anilines is 1. The monoisotopic (exact) mass is 396 g/mol. The number of benzene rings is 2. The van der Waals surface area contributed by atoms with Gasteiger partial charge in [-0.3, -0.25) is 9.59 Å². The molecule has 2 amide bonds. The first-order valence-corrected chi connectivity index (χ1v) is 9.60. The van der Waals surface area contributed by atoms with Gasteiger partial charge in [-0.25, -0.2) is 4.79 Å². The highest BCUT2D eigenvalue weighted by Gasteiger charge is 2.20. The minimum atomic E-state index is -0.801. The van der Waals surface area contributed by atoms with Gasteiger partial charge in [0.1, 0.15) is 11.3 Å². The predicted octanol–water partition coefficient (Wildman–Crippen LogP) is 3.17. The zero-order chi connectivity index (χ0) is 20.8. The topological polar surface area (TPSA) is 105 Å². The van der Waals surface area contributed by atoms with Crippen molar-refractivity contribution in [2.45, 2.75) is 38.6 Å². The molecule has 1 saturated carbocycles. The predicted molar refractivity (Wildman–Crippen MR) is 108 cm³/mol. The average Bonchev–Trinajstić information content (AvgIpc) is 3.19. The number of aromatic hydroxyl groups is 1. The van der Waals surface area contributed by atoms with Crippen LogP contribution in [0.3, 0.4) is 0 Å². The molecule has 0 aliphatic heterocycles. The average molecular weight is 396 g/mol. The first kappa shape index (κ1) is 20.4. The first-order chi connectivity index (χ1) is 13.9. The van der Waals surface area contributed by atoms with E-state index in [1.807, 2.05) is 0 Å². The van der Waals surface area contributed by atoms with Crippen molar-refractivity contribution >= 4 is 23.5 Å². The standard InChI is InChI=1S/C22H24N2O5/c1-14-10-11-17(19(25)12-14)22(28)29-13-20(26)24-18-9-5-4-8-16(18)21(27)23-15-6-2-3-7-15/h4-5,8-12,15,25H,2-3,6-7,13H2,1H3,(H,23,27)(H,24,26). The minimum absolute atomic E-state index is 0.0141. The summed E-state index contributed by atoms with van der Waals surface area (Å²) in [4.78, 5) is 36.8. The number of hydrogen-bond acceptors (Lipinski definition) is 5. The van der Waals surface area contributed by atoms with E-state index in [1.165, 1.54) is 12.1 Å². The largest absolute Gasteiger partial charge is 0.507 e. The molecule has 7 nitrogen and oxygen atoms in total. The molecule has 1 aliphatic rings. The molecule has 1 fully saturated rings. The fourth-order valence-electron chi connectivity index (χ4n) is 3.33. The number of rotatable bonds is 6. The van der Waals surface area contributed by atoms with Crippen molar-refractivity contribution in [1.82, 2.24) is 5.32 Å². The fraction of sp³-hybridized carbons (Fsp3) is 0.318. The lowest BCUT2D eigenvalue weighted by Crippen LogP contribution is -2.33. The van der Waals surface area contributed by atoms with E-state index in [0.29, 0.717) is 11.3 Å². The Morgan fingerprint density at radius 2 is 1.79 bits per heavy atom. The van der Waals surface area contributed by atoms with Crippen LogP contribution in [0.5, 0.6) is 5.75 Å². The van der Waals surface area contributed by atoms with E-state index in [9.17, 15) is 19.5 Å². The second-order valence-corrected chi connectivity index (χ2v) is 7.15. The van der Waals surface area contributed by atoms with E-state index in [0.717, 1.165) is 31.2 Å². The van der Waals surface area contributed by atoms with E-state index in [4.69, 9.17) is 4.74 Å². The second kappa shape index (κ2) is 9.23. The summed E-state index contributed by atoms with van der Waals surface area (Å²) in [5.74, 6) is -1.82. The van der Waals surface area contributed by atoms with Crippen LogP contribution in [-0.4, -0.2) is 35.5 Å². The lowest BCUT2D eigenvalue weighted by Gasteiger charge is -2.15. The van der Waals surface area contributed by atoms with Crippen LogP contribution in [0.2, 0.25) is 0 Å². The molecule has 3 N–H and O–H groups in total. The molecule has 0 bridgehead atoms. The van der Waals surface area contributed by atoms with E-state index in [1.54, 1.807) is 37.3 Å². The molecule has 2 aromatic carbocycles. The quantitative estimate of drug-likeness (QED) is 0.651. The van der Waals surface area contributed by atoms with Gasteiger partial charge in [0.2, 0.25) is 0 Å². The van der Waals surface area contributed by atoms with Gasteiger partial charge in [0.05, 0.1) is 11.3 Å². The maximum atomic E-state index is 12.5. The number of carbonyl (C=O) groups excluding carboxylic acids is 3. The number of nitrogens with one attached hydrogen (secondary N) is 2. The number of phenolic OH excluding ortho intramolecular Hbond substituents is 1. The molecule has 152 valence electrons. The molecular weight excluding hydrogens is 372 g/mol. The summed E-state index contributed by atoms with van der Waals surface area (Å²) in [7, 11) is 0. The number of amides is 2. The number of ether oxygens (including phenoxy) is 1. The summed E-state index contributed by atoms with van der Waals surface area (Å²) in [6.45, 7) is 1.24. The normalized spacial score (nSPS) is 13.7. The van der Waals surface area contributed by atoms with E-state index in [-0.39, 0.29) is 23.3 Å². The summed E-state index contributed by atoms with van der Waals surface area (Å²) in [6, 6.07) is 11.4. The van der Waals surface area contributed by atoms with Crippen LogP contribution in [0.4, 0.5) is 5.69 Å². The Morgan fingerprint density at radius 1 is 1.07 bits per heavy atom. The van der Waals surface area contributed by atoms with Crippen LogP contribution >= 0.6 is 0 Å². The van der Waals surface area contributed by atoms with Crippen molar-refractivity contribution in [3.05, 3.63) is 59.2 Å². The van der Waals surface area contributed by atoms with Gasteiger partial charge in [0, 0.05) is 6.04 Å². The van der Waals surface area contributed by atoms with Gasteiger partial charge in [-0.1, -0.05) is 31.0 Å². The van der Waals surface area contributed by atoms with Crippen LogP contribution in [0, 0.1) is 6.92 Å². The molecule has 0 aromatic heterocycles. The molecule has 0 heterocycles. The fourth-order valence-corrected chi connectivity index (χ4v) is 3.33. The molecule has 3 rings (SSSR count). The Morgan fingerprint density at radius 3 is 2.52 bits per heavy atom. The van der Waals surface area contributed by atoms with Crippen LogP contribution in [0.1, 0.15) is 52.0 Å². The Hall–Kier alpha value is -3.35. The summed E-state index contributed by atoms with van der Waals surface area (Å²) in [5, 5.41) is 15.4. The molecular formula is C22H24N2O5.